The Morgan fingerprint density at radius 2 is 2.29 bits per heavy atom. The standard InChI is InChI=1S/C12H17N3O2/c1-2-17-12-11(15-7-3-4-8-15)10(9-14-16)5-6-13-12/h5-6,9,16H,2-4,7-8H2,1H3. The van der Waals surface area contributed by atoms with Crippen molar-refractivity contribution in [1.29, 1.82) is 0 Å². The van der Waals surface area contributed by atoms with Gasteiger partial charge in [-0.2, -0.15) is 0 Å². The summed E-state index contributed by atoms with van der Waals surface area (Å²) < 4.78 is 5.54. The van der Waals surface area contributed by atoms with Gasteiger partial charge in [-0.05, 0) is 25.8 Å². The Morgan fingerprint density at radius 3 is 2.94 bits per heavy atom. The Labute approximate surface area is 101 Å². The molecule has 5 nitrogen and oxygen atoms in total. The van der Waals surface area contributed by atoms with Crippen LogP contribution in [0.3, 0.4) is 0 Å². The van der Waals surface area contributed by atoms with Crippen molar-refractivity contribution in [3.8, 4) is 5.88 Å². The lowest BCUT2D eigenvalue weighted by Crippen LogP contribution is -2.21. The second kappa shape index (κ2) is 5.52. The molecule has 17 heavy (non-hydrogen) atoms. The maximum Gasteiger partial charge on any atom is 0.238 e. The van der Waals surface area contributed by atoms with Gasteiger partial charge in [-0.1, -0.05) is 5.16 Å². The van der Waals surface area contributed by atoms with Crippen molar-refractivity contribution in [3.63, 3.8) is 0 Å². The third-order valence-electron chi connectivity index (χ3n) is 2.82. The summed E-state index contributed by atoms with van der Waals surface area (Å²) in [6, 6.07) is 1.83. The van der Waals surface area contributed by atoms with Crippen LogP contribution < -0.4 is 9.64 Å². The smallest absolute Gasteiger partial charge is 0.238 e. The zero-order valence-electron chi connectivity index (χ0n) is 9.96. The van der Waals surface area contributed by atoms with Gasteiger partial charge in [0.05, 0.1) is 12.8 Å². The second-order valence-corrected chi connectivity index (χ2v) is 3.93. The van der Waals surface area contributed by atoms with Crippen LogP contribution in [-0.2, 0) is 0 Å². The zero-order valence-corrected chi connectivity index (χ0v) is 9.96. The SMILES string of the molecule is CCOc1nccc(C=NO)c1N1CCCC1. The summed E-state index contributed by atoms with van der Waals surface area (Å²) in [6.07, 6.45) is 5.45. The number of ether oxygens (including phenoxy) is 1. The van der Waals surface area contributed by atoms with E-state index in [1.54, 1.807) is 6.20 Å². The van der Waals surface area contributed by atoms with Crippen molar-refractivity contribution in [2.75, 3.05) is 24.6 Å². The monoisotopic (exact) mass is 235 g/mol. The molecule has 0 bridgehead atoms. The van der Waals surface area contributed by atoms with Crippen LogP contribution in [0.5, 0.6) is 5.88 Å². The van der Waals surface area contributed by atoms with Gasteiger partial charge in [-0.25, -0.2) is 4.98 Å². The lowest BCUT2D eigenvalue weighted by Gasteiger charge is -2.21. The first kappa shape index (κ1) is 11.7. The molecular weight excluding hydrogens is 218 g/mol. The molecule has 0 amide bonds. The van der Waals surface area contributed by atoms with Gasteiger partial charge in [0.15, 0.2) is 0 Å². The van der Waals surface area contributed by atoms with E-state index in [4.69, 9.17) is 9.94 Å². The highest BCUT2D eigenvalue weighted by Crippen LogP contribution is 2.31. The molecule has 1 aliphatic rings. The summed E-state index contributed by atoms with van der Waals surface area (Å²) in [6.45, 7) is 4.51. The van der Waals surface area contributed by atoms with Crippen LogP contribution in [0, 0.1) is 0 Å². The molecule has 2 heterocycles. The van der Waals surface area contributed by atoms with E-state index in [0.717, 1.165) is 24.3 Å². The summed E-state index contributed by atoms with van der Waals surface area (Å²) in [5.74, 6) is 0.617. The predicted octanol–water partition coefficient (Wildman–Crippen LogP) is 1.89. The van der Waals surface area contributed by atoms with E-state index in [0.29, 0.717) is 12.5 Å². The molecule has 0 atom stereocenters. The highest BCUT2D eigenvalue weighted by atomic mass is 16.5. The molecular formula is C12H17N3O2. The molecule has 0 spiro atoms. The lowest BCUT2D eigenvalue weighted by molar-refractivity contribution is 0.321. The van der Waals surface area contributed by atoms with Crippen molar-refractivity contribution < 1.29 is 9.94 Å². The Hall–Kier alpha value is -1.78. The van der Waals surface area contributed by atoms with E-state index in [-0.39, 0.29) is 0 Å². The summed E-state index contributed by atoms with van der Waals surface area (Å²) in [4.78, 5) is 6.48. The minimum Gasteiger partial charge on any atom is -0.476 e. The van der Waals surface area contributed by atoms with Gasteiger partial charge in [-0.3, -0.25) is 0 Å². The molecule has 0 radical (unpaired) electrons. The van der Waals surface area contributed by atoms with Crippen molar-refractivity contribution in [1.82, 2.24) is 4.98 Å². The molecule has 1 saturated heterocycles. The average molecular weight is 235 g/mol. The number of oxime groups is 1. The van der Waals surface area contributed by atoms with E-state index in [1.165, 1.54) is 19.1 Å². The Kier molecular flexibility index (Phi) is 3.80. The first-order valence-electron chi connectivity index (χ1n) is 5.91. The Balaban J connectivity index is 2.41. The van der Waals surface area contributed by atoms with Gasteiger partial charge >= 0.3 is 0 Å². The number of anilines is 1. The molecule has 1 aromatic rings. The molecule has 0 unspecified atom stereocenters. The summed E-state index contributed by atoms with van der Waals surface area (Å²) in [5, 5.41) is 11.8. The number of aromatic nitrogens is 1. The quantitative estimate of drug-likeness (QED) is 0.492. The van der Waals surface area contributed by atoms with E-state index >= 15 is 0 Å². The maximum absolute atomic E-state index is 8.70. The van der Waals surface area contributed by atoms with Crippen LogP contribution in [0.2, 0.25) is 0 Å². The third-order valence-corrected chi connectivity index (χ3v) is 2.82. The minimum absolute atomic E-state index is 0.577. The van der Waals surface area contributed by atoms with Gasteiger partial charge in [0, 0.05) is 24.8 Å². The molecule has 5 heteroatoms. The predicted molar refractivity (Wildman–Crippen MR) is 66.2 cm³/mol. The summed E-state index contributed by atoms with van der Waals surface area (Å²) in [5.41, 5.74) is 1.78. The highest BCUT2D eigenvalue weighted by molar-refractivity contribution is 5.89. The largest absolute Gasteiger partial charge is 0.476 e. The molecule has 1 fully saturated rings. The fourth-order valence-corrected chi connectivity index (χ4v) is 2.12. The van der Waals surface area contributed by atoms with Crippen molar-refractivity contribution in [2.45, 2.75) is 19.8 Å². The number of rotatable bonds is 4. The van der Waals surface area contributed by atoms with Crippen LogP contribution >= 0.6 is 0 Å². The second-order valence-electron chi connectivity index (χ2n) is 3.93. The van der Waals surface area contributed by atoms with Crippen LogP contribution in [0.25, 0.3) is 0 Å². The average Bonchev–Trinajstić information content (AvgIpc) is 2.84. The van der Waals surface area contributed by atoms with Crippen LogP contribution in [0.15, 0.2) is 17.4 Å². The molecule has 1 aromatic heterocycles. The molecule has 92 valence electrons. The van der Waals surface area contributed by atoms with Gasteiger partial charge in [0.1, 0.15) is 5.69 Å². The number of hydrogen-bond acceptors (Lipinski definition) is 5. The van der Waals surface area contributed by atoms with E-state index in [2.05, 4.69) is 15.0 Å². The lowest BCUT2D eigenvalue weighted by atomic mass is 10.2. The van der Waals surface area contributed by atoms with Gasteiger partial charge in [0.25, 0.3) is 0 Å². The number of hydrogen-bond donors (Lipinski definition) is 1. The zero-order chi connectivity index (χ0) is 12.1. The normalized spacial score (nSPS) is 15.7. The van der Waals surface area contributed by atoms with Crippen molar-refractivity contribution in [3.05, 3.63) is 17.8 Å². The van der Waals surface area contributed by atoms with E-state index < -0.39 is 0 Å². The van der Waals surface area contributed by atoms with E-state index in [1.807, 2.05) is 13.0 Å². The van der Waals surface area contributed by atoms with Gasteiger partial charge in [0.2, 0.25) is 5.88 Å². The summed E-state index contributed by atoms with van der Waals surface area (Å²) in [7, 11) is 0. The molecule has 0 aliphatic carbocycles. The molecule has 0 saturated carbocycles. The highest BCUT2D eigenvalue weighted by Gasteiger charge is 2.20. The first-order chi connectivity index (χ1) is 8.36. The molecule has 1 aliphatic heterocycles. The first-order valence-corrected chi connectivity index (χ1v) is 5.91. The van der Waals surface area contributed by atoms with Crippen LogP contribution in [0.1, 0.15) is 25.3 Å². The Morgan fingerprint density at radius 1 is 1.53 bits per heavy atom. The number of pyridine rings is 1. The Bertz CT molecular complexity index is 401. The van der Waals surface area contributed by atoms with Crippen molar-refractivity contribution in [2.24, 2.45) is 5.16 Å². The molecule has 0 aromatic carbocycles. The molecule has 1 N–H and O–H groups in total. The van der Waals surface area contributed by atoms with Crippen LogP contribution in [-0.4, -0.2) is 36.1 Å². The maximum atomic E-state index is 8.70. The fourth-order valence-electron chi connectivity index (χ4n) is 2.12. The van der Waals surface area contributed by atoms with Crippen molar-refractivity contribution >= 4 is 11.9 Å². The molecule has 2 rings (SSSR count). The fraction of sp³-hybridized carbons (Fsp3) is 0.500. The topological polar surface area (TPSA) is 58.0 Å². The van der Waals surface area contributed by atoms with E-state index in [9.17, 15) is 0 Å². The van der Waals surface area contributed by atoms with Crippen LogP contribution in [0.4, 0.5) is 5.69 Å². The van der Waals surface area contributed by atoms with Gasteiger partial charge in [-0.15, -0.1) is 0 Å². The third kappa shape index (κ3) is 2.49. The van der Waals surface area contributed by atoms with Gasteiger partial charge < -0.3 is 14.8 Å². The minimum atomic E-state index is 0.577. The number of nitrogens with zero attached hydrogens (tertiary/aromatic N) is 3. The summed E-state index contributed by atoms with van der Waals surface area (Å²) >= 11 is 0.